The molecule has 2 aliphatic heterocycles. The monoisotopic (exact) mass is 578 g/mol. The highest BCUT2D eigenvalue weighted by molar-refractivity contribution is 8.22. The van der Waals surface area contributed by atoms with Crippen molar-refractivity contribution in [3.8, 4) is 5.75 Å². The molecule has 5 rings (SSSR count). The molecule has 0 aromatic heterocycles. The zero-order chi connectivity index (χ0) is 29.1. The van der Waals surface area contributed by atoms with E-state index < -0.39 is 10.8 Å². The van der Waals surface area contributed by atoms with E-state index in [0.29, 0.717) is 30.3 Å². The molecule has 2 heterocycles. The maximum absolute atomic E-state index is 12.8. The molecule has 3 aromatic carbocycles. The third-order valence-electron chi connectivity index (χ3n) is 8.29. The van der Waals surface area contributed by atoms with Gasteiger partial charge in [0.15, 0.2) is 0 Å². The quantitative estimate of drug-likeness (QED) is 0.286. The first-order valence-corrected chi connectivity index (χ1v) is 16.0. The van der Waals surface area contributed by atoms with Crippen molar-refractivity contribution in [2.24, 2.45) is 0 Å². The van der Waals surface area contributed by atoms with E-state index >= 15 is 0 Å². The number of benzene rings is 3. The van der Waals surface area contributed by atoms with Crippen LogP contribution in [-0.4, -0.2) is 57.1 Å². The van der Waals surface area contributed by atoms with E-state index in [4.69, 9.17) is 9.47 Å². The molecule has 41 heavy (non-hydrogen) atoms. The lowest BCUT2D eigenvalue weighted by molar-refractivity contribution is -0.143. The van der Waals surface area contributed by atoms with Crippen LogP contribution < -0.4 is 4.74 Å². The number of aryl methyl sites for hydroxylation is 1. The topological polar surface area (TPSA) is 82.5 Å². The van der Waals surface area contributed by atoms with Crippen LogP contribution in [0.4, 0.5) is 0 Å². The van der Waals surface area contributed by atoms with Gasteiger partial charge in [-0.3, -0.25) is 13.9 Å². The summed E-state index contributed by atoms with van der Waals surface area (Å²) in [5.41, 5.74) is 6.83. The summed E-state index contributed by atoms with van der Waals surface area (Å²) in [5, 5.41) is 0. The van der Waals surface area contributed by atoms with Gasteiger partial charge in [-0.2, -0.15) is 4.31 Å². The second-order valence-corrected chi connectivity index (χ2v) is 13.2. The summed E-state index contributed by atoms with van der Waals surface area (Å²) in [7, 11) is -1.13. The molecule has 0 fully saturated rings. The van der Waals surface area contributed by atoms with Crippen molar-refractivity contribution in [2.75, 3.05) is 26.7 Å². The summed E-state index contributed by atoms with van der Waals surface area (Å²) >= 11 is 0. The summed E-state index contributed by atoms with van der Waals surface area (Å²) < 4.78 is 36.4. The second-order valence-electron chi connectivity index (χ2n) is 11.2. The number of ether oxygens (including phenoxy) is 2. The predicted molar refractivity (Wildman–Crippen MR) is 163 cm³/mol. The smallest absolute Gasteiger partial charge is 0.306 e. The fraction of sp³-hybridized carbons (Fsp3) is 0.424. The molecule has 220 valence electrons. The third-order valence-corrected chi connectivity index (χ3v) is 10.2. The van der Waals surface area contributed by atoms with E-state index in [2.05, 4.69) is 48.3 Å². The van der Waals surface area contributed by atoms with Crippen molar-refractivity contribution in [1.82, 2.24) is 9.21 Å². The number of likely N-dealkylation sites (N-methyl/N-ethyl adjacent to an activating group) is 1. The van der Waals surface area contributed by atoms with Crippen LogP contribution in [0.25, 0.3) is 0 Å². The van der Waals surface area contributed by atoms with Gasteiger partial charge in [0.2, 0.25) is 0 Å². The van der Waals surface area contributed by atoms with Gasteiger partial charge in [-0.1, -0.05) is 55.5 Å². The van der Waals surface area contributed by atoms with Gasteiger partial charge in [0.05, 0.1) is 19.6 Å². The fourth-order valence-electron chi connectivity index (χ4n) is 5.84. The summed E-state index contributed by atoms with van der Waals surface area (Å²) in [6.45, 7) is 8.95. The number of nitrogens with zero attached hydrogens (tertiary/aromatic N) is 2. The standard InChI is InChI=1S/C33H42N2O5S/c1-5-29-22-35(41(37,38)32-10-8-7-9-31(32)40-29)21-28-18-25(12-11-23(28)3)30(19-33(36)39-6-2)26-13-14-27-20-34(4)16-15-24(27)17-26/h7-14,17-18,29-30,37-38H,5-6,15-16,19-22H2,1-4H3/t29-,30?/m1/s1. The molecule has 2 atom stereocenters. The third kappa shape index (κ3) is 6.47. The van der Waals surface area contributed by atoms with Crippen molar-refractivity contribution in [3.63, 3.8) is 0 Å². The van der Waals surface area contributed by atoms with Gasteiger partial charge in [0.1, 0.15) is 16.7 Å². The molecule has 0 saturated heterocycles. The number of rotatable bonds is 8. The largest absolute Gasteiger partial charge is 0.487 e. The molecule has 0 aliphatic carbocycles. The molecular weight excluding hydrogens is 536 g/mol. The maximum Gasteiger partial charge on any atom is 0.306 e. The first-order valence-electron chi connectivity index (χ1n) is 14.5. The molecule has 7 nitrogen and oxygen atoms in total. The van der Waals surface area contributed by atoms with Crippen molar-refractivity contribution in [2.45, 2.75) is 70.0 Å². The Labute approximate surface area is 245 Å². The lowest BCUT2D eigenvalue weighted by Gasteiger charge is -2.42. The first kappa shape index (κ1) is 29.6. The Bertz CT molecular complexity index is 1390. The minimum Gasteiger partial charge on any atom is -0.487 e. The first-order chi connectivity index (χ1) is 19.7. The molecule has 0 amide bonds. The average Bonchev–Trinajstić information content (AvgIpc) is 3.06. The fourth-order valence-corrected chi connectivity index (χ4v) is 7.46. The van der Waals surface area contributed by atoms with E-state index in [1.807, 2.05) is 32.9 Å². The average molecular weight is 579 g/mol. The molecule has 0 radical (unpaired) electrons. The summed E-state index contributed by atoms with van der Waals surface area (Å²) in [6, 6.07) is 20.1. The second kappa shape index (κ2) is 12.5. The van der Waals surface area contributed by atoms with Crippen LogP contribution in [0.2, 0.25) is 0 Å². The van der Waals surface area contributed by atoms with E-state index in [-0.39, 0.29) is 24.4 Å². The molecule has 0 spiro atoms. The molecule has 3 aromatic rings. The lowest BCUT2D eigenvalue weighted by Crippen LogP contribution is -2.34. The molecule has 2 aliphatic rings. The van der Waals surface area contributed by atoms with Gasteiger partial charge in [0.25, 0.3) is 0 Å². The number of hydrogen-bond acceptors (Lipinski definition) is 7. The Kier molecular flexibility index (Phi) is 9.06. The molecule has 0 bridgehead atoms. The highest BCUT2D eigenvalue weighted by Gasteiger charge is 2.35. The number of fused-ring (bicyclic) bond motifs is 2. The number of carbonyl (C=O) groups excluding carboxylic acids is 1. The molecule has 1 unspecified atom stereocenters. The molecule has 2 N–H and O–H groups in total. The van der Waals surface area contributed by atoms with E-state index in [9.17, 15) is 13.9 Å². The van der Waals surface area contributed by atoms with Gasteiger partial charge in [-0.05, 0) is 79.3 Å². The Morgan fingerprint density at radius 3 is 2.61 bits per heavy atom. The Hall–Kier alpha value is -2.88. The number of para-hydroxylation sites is 1. The highest BCUT2D eigenvalue weighted by Crippen LogP contribution is 2.57. The van der Waals surface area contributed by atoms with E-state index in [1.54, 1.807) is 16.4 Å². The summed E-state index contributed by atoms with van der Waals surface area (Å²) in [5.74, 6) is 0.133. The van der Waals surface area contributed by atoms with Crippen LogP contribution in [-0.2, 0) is 29.0 Å². The number of esters is 1. The van der Waals surface area contributed by atoms with Gasteiger partial charge in [-0.25, -0.2) is 0 Å². The minimum atomic E-state index is -3.27. The molecular formula is C33H42N2O5S. The van der Waals surface area contributed by atoms with Gasteiger partial charge in [0, 0.05) is 25.6 Å². The van der Waals surface area contributed by atoms with Crippen molar-refractivity contribution in [3.05, 3.63) is 94.0 Å². The Morgan fingerprint density at radius 2 is 1.83 bits per heavy atom. The van der Waals surface area contributed by atoms with Gasteiger partial charge in [-0.15, -0.1) is 10.8 Å². The van der Waals surface area contributed by atoms with E-state index in [1.165, 1.54) is 11.1 Å². The SMILES string of the molecule is CCOC(=O)CC(c1ccc(C)c(CN2C[C@@H](CC)Oc3ccccc3S2(O)O)c1)c1ccc2c(c1)CCN(C)C2. The molecule has 0 saturated carbocycles. The van der Waals surface area contributed by atoms with Crippen LogP contribution in [0.15, 0.2) is 65.6 Å². The van der Waals surface area contributed by atoms with Gasteiger partial charge >= 0.3 is 5.97 Å². The maximum atomic E-state index is 12.8. The van der Waals surface area contributed by atoms with Crippen LogP contribution in [0.1, 0.15) is 66.0 Å². The molecule has 8 heteroatoms. The zero-order valence-electron chi connectivity index (χ0n) is 24.5. The van der Waals surface area contributed by atoms with E-state index in [0.717, 1.165) is 48.2 Å². The number of hydrogen-bond donors (Lipinski definition) is 2. The van der Waals surface area contributed by atoms with Crippen molar-refractivity contribution >= 4 is 16.7 Å². The highest BCUT2D eigenvalue weighted by atomic mass is 32.3. The Morgan fingerprint density at radius 1 is 1.07 bits per heavy atom. The summed E-state index contributed by atoms with van der Waals surface area (Å²) in [6.07, 6.45) is 1.81. The van der Waals surface area contributed by atoms with Crippen molar-refractivity contribution < 1.29 is 23.4 Å². The van der Waals surface area contributed by atoms with Gasteiger partial charge < -0.3 is 14.4 Å². The van der Waals surface area contributed by atoms with Crippen LogP contribution in [0, 0.1) is 6.92 Å². The summed E-state index contributed by atoms with van der Waals surface area (Å²) in [4.78, 5) is 15.5. The zero-order valence-corrected chi connectivity index (χ0v) is 25.3. The van der Waals surface area contributed by atoms with Crippen molar-refractivity contribution in [1.29, 1.82) is 0 Å². The Balaban J connectivity index is 1.50. The lowest BCUT2D eigenvalue weighted by atomic mass is 9.84. The minimum absolute atomic E-state index is 0.167. The predicted octanol–water partition coefficient (Wildman–Crippen LogP) is 6.77. The van der Waals surface area contributed by atoms with Crippen LogP contribution in [0.3, 0.4) is 0 Å². The number of carbonyl (C=O) groups is 1. The normalized spacial score (nSPS) is 20.2. The van der Waals surface area contributed by atoms with Crippen LogP contribution >= 0.6 is 10.8 Å². The van der Waals surface area contributed by atoms with Crippen LogP contribution in [0.5, 0.6) is 5.75 Å².